The van der Waals surface area contributed by atoms with E-state index in [1.165, 1.54) is 0 Å². The number of nitrogens with one attached hydrogen (secondary N) is 1. The highest BCUT2D eigenvalue weighted by Crippen LogP contribution is 1.86. The smallest absolute Gasteiger partial charge is 0.303 e. The lowest BCUT2D eigenvalue weighted by Crippen LogP contribution is -2.16. The largest absolute Gasteiger partial charge is 0.481 e. The number of amides is 1. The molecule has 0 aromatic carbocycles. The summed E-state index contributed by atoms with van der Waals surface area (Å²) < 4.78 is 0. The number of carbonyl (C=O) groups is 2. The van der Waals surface area contributed by atoms with Crippen LogP contribution in [0.15, 0.2) is 0 Å². The van der Waals surface area contributed by atoms with Gasteiger partial charge in [-0.25, -0.2) is 0 Å². The highest BCUT2D eigenvalue weighted by atomic mass is 16.4. The number of carbonyl (C=O) groups excluding carboxylic acids is 1. The molecule has 1 amide bonds. The fourth-order valence-corrected chi connectivity index (χ4v) is 0.309. The minimum Gasteiger partial charge on any atom is -0.481 e. The minimum atomic E-state index is -0.974. The van der Waals surface area contributed by atoms with Crippen molar-refractivity contribution >= 4 is 11.9 Å². The van der Waals surface area contributed by atoms with Crippen LogP contribution in [-0.2, 0) is 9.59 Å². The number of rotatable bonds is 3. The van der Waals surface area contributed by atoms with Crippen molar-refractivity contribution in [1.29, 1.82) is 0 Å². The molecule has 0 atom stereocenters. The van der Waals surface area contributed by atoms with Crippen LogP contribution in [0.4, 0.5) is 0 Å². The maximum Gasteiger partial charge on any atom is 0.303 e. The molecule has 0 aromatic rings. The molecule has 0 bridgehead atoms. The van der Waals surface area contributed by atoms with Gasteiger partial charge in [0.05, 0.1) is 6.42 Å². The van der Waals surface area contributed by atoms with E-state index >= 15 is 0 Å². The van der Waals surface area contributed by atoms with E-state index < -0.39 is 5.97 Å². The zero-order chi connectivity index (χ0) is 7.28. The first-order valence-electron chi connectivity index (χ1n) is 2.44. The number of carboxylic acid groups (broad SMARTS) is 1. The Balaban J connectivity index is 3.28. The molecule has 4 nitrogen and oxygen atoms in total. The van der Waals surface area contributed by atoms with E-state index in [4.69, 9.17) is 5.11 Å². The fraction of sp³-hybridized carbons (Fsp3) is 0.400. The predicted molar refractivity (Wildman–Crippen MR) is 30.4 cm³/mol. The first-order chi connectivity index (χ1) is 4.16. The molecule has 2 N–H and O–H groups in total. The Labute approximate surface area is 52.9 Å². The first-order valence-corrected chi connectivity index (χ1v) is 2.44. The molecule has 0 aliphatic heterocycles. The number of hydrogen-bond donors (Lipinski definition) is 2. The Kier molecular flexibility index (Phi) is 3.43. The summed E-state index contributed by atoms with van der Waals surface area (Å²) in [6.07, 6.45) is -0.139. The molecule has 51 valence electrons. The topological polar surface area (TPSA) is 66.4 Å². The van der Waals surface area contributed by atoms with Gasteiger partial charge in [-0.3, -0.25) is 9.59 Å². The van der Waals surface area contributed by atoms with Crippen molar-refractivity contribution in [2.45, 2.75) is 12.8 Å². The maximum atomic E-state index is 10.3. The lowest BCUT2D eigenvalue weighted by molar-refractivity contribution is -0.138. The maximum absolute atomic E-state index is 10.3. The van der Waals surface area contributed by atoms with E-state index in [0.717, 1.165) is 0 Å². The molecule has 0 aliphatic carbocycles. The van der Waals surface area contributed by atoms with Crippen LogP contribution in [0.25, 0.3) is 0 Å². The van der Waals surface area contributed by atoms with Gasteiger partial charge in [-0.2, -0.15) is 0 Å². The van der Waals surface area contributed by atoms with Gasteiger partial charge >= 0.3 is 5.97 Å². The summed E-state index contributed by atoms with van der Waals surface area (Å²) in [6.45, 7) is 0. The van der Waals surface area contributed by atoms with Gasteiger partial charge in [0.2, 0.25) is 5.91 Å². The van der Waals surface area contributed by atoms with Crippen LogP contribution in [0.2, 0.25) is 0 Å². The second-order valence-electron chi connectivity index (χ2n) is 1.49. The Morgan fingerprint density at radius 3 is 2.33 bits per heavy atom. The predicted octanol–water partition coefficient (Wildman–Crippen LogP) is -0.241. The van der Waals surface area contributed by atoms with E-state index in [9.17, 15) is 9.59 Å². The molecular formula is C5H8NO3. The highest BCUT2D eigenvalue weighted by molar-refractivity contribution is 5.80. The average molecular weight is 130 g/mol. The van der Waals surface area contributed by atoms with Crippen molar-refractivity contribution in [1.82, 2.24) is 5.32 Å². The van der Waals surface area contributed by atoms with Gasteiger partial charge in [-0.15, -0.1) is 0 Å². The standard InChI is InChI=1S/C5H8NO3/c1-6-4(7)2-3-5(8)9/h1-3H2,(H,6,7)(H,8,9). The van der Waals surface area contributed by atoms with Gasteiger partial charge in [-0.05, 0) is 0 Å². The van der Waals surface area contributed by atoms with Gasteiger partial charge < -0.3 is 10.4 Å². The van der Waals surface area contributed by atoms with Gasteiger partial charge in [0.25, 0.3) is 0 Å². The molecule has 9 heavy (non-hydrogen) atoms. The lowest BCUT2D eigenvalue weighted by atomic mass is 10.3. The monoisotopic (exact) mass is 130 g/mol. The first kappa shape index (κ1) is 7.94. The Hall–Kier alpha value is -1.06. The minimum absolute atomic E-state index is 0.00116. The highest BCUT2D eigenvalue weighted by Gasteiger charge is 2.01. The third-order valence-corrected chi connectivity index (χ3v) is 0.763. The molecule has 0 unspecified atom stereocenters. The second kappa shape index (κ2) is 3.88. The fourth-order valence-electron chi connectivity index (χ4n) is 0.309. The normalized spacial score (nSPS) is 8.56. The Morgan fingerprint density at radius 2 is 2.00 bits per heavy atom. The molecule has 0 heterocycles. The van der Waals surface area contributed by atoms with E-state index in [2.05, 4.69) is 12.4 Å². The van der Waals surface area contributed by atoms with Gasteiger partial charge in [0.15, 0.2) is 0 Å². The Bertz CT molecular complexity index is 121. The van der Waals surface area contributed by atoms with Crippen molar-refractivity contribution < 1.29 is 14.7 Å². The summed E-state index contributed by atoms with van der Waals surface area (Å²) in [6, 6.07) is 0. The van der Waals surface area contributed by atoms with Crippen LogP contribution < -0.4 is 5.32 Å². The van der Waals surface area contributed by atoms with E-state index in [-0.39, 0.29) is 18.7 Å². The van der Waals surface area contributed by atoms with Crippen molar-refractivity contribution in [2.24, 2.45) is 0 Å². The van der Waals surface area contributed by atoms with Crippen molar-refractivity contribution in [2.75, 3.05) is 0 Å². The average Bonchev–Trinajstić information content (AvgIpc) is 1.83. The zero-order valence-corrected chi connectivity index (χ0v) is 4.89. The van der Waals surface area contributed by atoms with Crippen molar-refractivity contribution in [3.05, 3.63) is 7.05 Å². The quantitative estimate of drug-likeness (QED) is 0.554. The molecule has 0 rings (SSSR count). The van der Waals surface area contributed by atoms with Crippen LogP contribution in [0.1, 0.15) is 12.8 Å². The van der Waals surface area contributed by atoms with E-state index in [1.807, 2.05) is 0 Å². The molecule has 0 spiro atoms. The van der Waals surface area contributed by atoms with Crippen LogP contribution in [0, 0.1) is 7.05 Å². The summed E-state index contributed by atoms with van der Waals surface area (Å²) in [7, 11) is 3.07. The molecule has 0 aromatic heterocycles. The van der Waals surface area contributed by atoms with Crippen molar-refractivity contribution in [3.63, 3.8) is 0 Å². The van der Waals surface area contributed by atoms with Gasteiger partial charge in [0, 0.05) is 13.5 Å². The molecule has 0 aliphatic rings. The molecule has 0 fully saturated rings. The summed E-state index contributed by atoms with van der Waals surface area (Å²) >= 11 is 0. The molecule has 0 saturated heterocycles. The van der Waals surface area contributed by atoms with Gasteiger partial charge in [0.1, 0.15) is 0 Å². The van der Waals surface area contributed by atoms with E-state index in [1.54, 1.807) is 0 Å². The number of hydrogen-bond acceptors (Lipinski definition) is 2. The van der Waals surface area contributed by atoms with Crippen molar-refractivity contribution in [3.8, 4) is 0 Å². The zero-order valence-electron chi connectivity index (χ0n) is 4.89. The summed E-state index contributed by atoms with van der Waals surface area (Å²) in [4.78, 5) is 20.1. The van der Waals surface area contributed by atoms with Crippen LogP contribution >= 0.6 is 0 Å². The third-order valence-electron chi connectivity index (χ3n) is 0.763. The lowest BCUT2D eigenvalue weighted by Gasteiger charge is -1.92. The summed E-state index contributed by atoms with van der Waals surface area (Å²) in [5, 5.41) is 10.1. The number of aliphatic carboxylic acids is 1. The summed E-state index contributed by atoms with van der Waals surface area (Å²) in [5.74, 6) is -1.32. The Morgan fingerprint density at radius 1 is 1.44 bits per heavy atom. The molecular weight excluding hydrogens is 122 g/mol. The van der Waals surface area contributed by atoms with Crippen LogP contribution in [0.3, 0.4) is 0 Å². The molecule has 0 saturated carbocycles. The molecule has 1 radical (unpaired) electrons. The number of carboxylic acids is 1. The third kappa shape index (κ3) is 4.80. The van der Waals surface area contributed by atoms with Crippen LogP contribution in [-0.4, -0.2) is 17.0 Å². The summed E-state index contributed by atoms with van der Waals surface area (Å²) in [5.41, 5.74) is 0. The second-order valence-corrected chi connectivity index (χ2v) is 1.49. The van der Waals surface area contributed by atoms with E-state index in [0.29, 0.717) is 0 Å². The van der Waals surface area contributed by atoms with Gasteiger partial charge in [-0.1, -0.05) is 0 Å². The molecule has 4 heteroatoms. The SMILES string of the molecule is [CH2]NC(=O)CCC(=O)O. The van der Waals surface area contributed by atoms with Crippen LogP contribution in [0.5, 0.6) is 0 Å².